The summed E-state index contributed by atoms with van der Waals surface area (Å²) in [6, 6.07) is 15.4. The molecule has 0 saturated carbocycles. The van der Waals surface area contributed by atoms with Crippen molar-refractivity contribution in [2.24, 2.45) is 4.99 Å². The number of morpholine rings is 1. The molecule has 1 fully saturated rings. The first kappa shape index (κ1) is 23.9. The molecule has 184 valence electrons. The molecule has 1 saturated heterocycles. The van der Waals surface area contributed by atoms with E-state index < -0.39 is 5.56 Å². The molecule has 36 heavy (non-hydrogen) atoms. The lowest BCUT2D eigenvalue weighted by Gasteiger charge is -2.33. The Morgan fingerprint density at radius 2 is 1.94 bits per heavy atom. The minimum Gasteiger partial charge on any atom is -0.370 e. The number of nitrogens with one attached hydrogen (secondary N) is 2. The van der Waals surface area contributed by atoms with E-state index in [4.69, 9.17) is 10.1 Å². The number of carbonyl (C=O) groups is 1. The Kier molecular flexibility index (Phi) is 6.42. The first-order valence-electron chi connectivity index (χ1n) is 11.7. The van der Waals surface area contributed by atoms with Crippen molar-refractivity contribution in [1.29, 1.82) is 5.41 Å². The third-order valence-corrected chi connectivity index (χ3v) is 7.53. The molecule has 1 unspecified atom stereocenters. The van der Waals surface area contributed by atoms with E-state index in [0.29, 0.717) is 42.1 Å². The summed E-state index contributed by atoms with van der Waals surface area (Å²) in [6.45, 7) is 5.25. The van der Waals surface area contributed by atoms with Crippen LogP contribution in [-0.2, 0) is 4.74 Å². The third kappa shape index (κ3) is 4.20. The number of amides is 1. The van der Waals surface area contributed by atoms with Gasteiger partial charge in [-0.3, -0.25) is 24.6 Å². The topological polar surface area (TPSA) is 104 Å². The molecule has 2 N–H and O–H groups in total. The summed E-state index contributed by atoms with van der Waals surface area (Å²) in [5.41, 5.74) is 3.66. The molecule has 0 bridgehead atoms. The molecule has 8 nitrogen and oxygen atoms in total. The summed E-state index contributed by atoms with van der Waals surface area (Å²) in [6.07, 6.45) is -0.185. The number of aryl methyl sites for hydroxylation is 2. The highest BCUT2D eigenvalue weighted by molar-refractivity contribution is 7.12. The van der Waals surface area contributed by atoms with Gasteiger partial charge >= 0.3 is 0 Å². The van der Waals surface area contributed by atoms with Crippen molar-refractivity contribution >= 4 is 34.1 Å². The lowest BCUT2D eigenvalue weighted by Crippen LogP contribution is -2.43. The summed E-state index contributed by atoms with van der Waals surface area (Å²) in [5, 5.41) is 10.5. The van der Waals surface area contributed by atoms with Gasteiger partial charge in [-0.1, -0.05) is 30.3 Å². The minimum absolute atomic E-state index is 0.112. The van der Waals surface area contributed by atoms with Gasteiger partial charge in [0.15, 0.2) is 11.3 Å². The number of H-pyrrole nitrogens is 1. The fourth-order valence-corrected chi connectivity index (χ4v) is 5.56. The molecule has 4 aromatic rings. The second kappa shape index (κ2) is 9.67. The first-order valence-corrected chi connectivity index (χ1v) is 12.6. The standard InChI is InChI=1S/C27H27N5O3S/c1-16-9-12-36-23(16)25(29-3)32-21-13-17(2)19(14-20(21)30-26(33)24(32)28)27(34)31-10-11-35-22(15-31)18-7-5-4-6-8-18/h4-9,12-14,22,28H,10-11,15H2,1-3H3,(H,30,33). The number of aromatic nitrogens is 2. The van der Waals surface area contributed by atoms with Gasteiger partial charge in [-0.2, -0.15) is 0 Å². The molecule has 9 heteroatoms. The van der Waals surface area contributed by atoms with Crippen molar-refractivity contribution in [3.05, 3.63) is 96.9 Å². The average Bonchev–Trinajstić information content (AvgIpc) is 3.32. The predicted molar refractivity (Wildman–Crippen MR) is 141 cm³/mol. The Hall–Kier alpha value is -3.82. The average molecular weight is 502 g/mol. The van der Waals surface area contributed by atoms with Gasteiger partial charge in [0.25, 0.3) is 11.5 Å². The van der Waals surface area contributed by atoms with Crippen LogP contribution in [0, 0.1) is 19.3 Å². The SMILES string of the molecule is CN=C(c1sccc1C)n1c(=N)c(=O)[nH]c2cc(C(=O)N3CCOC(c4ccccc4)C3)c(C)cc21. The van der Waals surface area contributed by atoms with Crippen molar-refractivity contribution in [3.8, 4) is 0 Å². The Morgan fingerprint density at radius 3 is 2.64 bits per heavy atom. The zero-order valence-corrected chi connectivity index (χ0v) is 21.2. The molecule has 1 aliphatic rings. The van der Waals surface area contributed by atoms with Crippen molar-refractivity contribution in [1.82, 2.24) is 14.5 Å². The molecule has 0 spiro atoms. The van der Waals surface area contributed by atoms with Crippen LogP contribution in [-0.4, -0.2) is 52.9 Å². The van der Waals surface area contributed by atoms with Gasteiger partial charge in [-0.25, -0.2) is 0 Å². The van der Waals surface area contributed by atoms with E-state index in [9.17, 15) is 9.59 Å². The third-order valence-electron chi connectivity index (χ3n) is 6.51. The Bertz CT molecular complexity index is 1600. The Labute approximate surface area is 212 Å². The number of rotatable bonds is 3. The fraction of sp³-hybridized carbons (Fsp3) is 0.259. The van der Waals surface area contributed by atoms with Gasteiger partial charge in [-0.15, -0.1) is 11.3 Å². The molecular formula is C27H27N5O3S. The number of hydrogen-bond donors (Lipinski definition) is 2. The van der Waals surface area contributed by atoms with Gasteiger partial charge < -0.3 is 14.6 Å². The molecule has 0 aliphatic carbocycles. The maximum absolute atomic E-state index is 13.6. The van der Waals surface area contributed by atoms with Gasteiger partial charge in [0.1, 0.15) is 6.10 Å². The second-order valence-electron chi connectivity index (χ2n) is 8.82. The maximum atomic E-state index is 13.6. The van der Waals surface area contributed by atoms with Gasteiger partial charge in [0, 0.05) is 19.2 Å². The predicted octanol–water partition coefficient (Wildman–Crippen LogP) is 3.63. The number of ether oxygens (including phenoxy) is 1. The molecule has 0 radical (unpaired) electrons. The fourth-order valence-electron chi connectivity index (χ4n) is 4.61. The molecule has 1 aliphatic heterocycles. The number of aromatic amines is 1. The van der Waals surface area contributed by atoms with Crippen LogP contribution >= 0.6 is 11.3 Å². The molecule has 1 atom stereocenters. The van der Waals surface area contributed by atoms with Crippen LogP contribution in [0.4, 0.5) is 0 Å². The number of nitrogens with zero attached hydrogens (tertiary/aromatic N) is 3. The highest BCUT2D eigenvalue weighted by Crippen LogP contribution is 2.26. The smallest absolute Gasteiger partial charge is 0.291 e. The monoisotopic (exact) mass is 501 g/mol. The number of benzene rings is 2. The summed E-state index contributed by atoms with van der Waals surface area (Å²) >= 11 is 1.51. The lowest BCUT2D eigenvalue weighted by atomic mass is 10.0. The summed E-state index contributed by atoms with van der Waals surface area (Å²) in [4.78, 5) is 36.3. The number of thiophene rings is 1. The van der Waals surface area contributed by atoms with Crippen molar-refractivity contribution in [2.45, 2.75) is 20.0 Å². The first-order chi connectivity index (χ1) is 17.4. The largest absolute Gasteiger partial charge is 0.370 e. The van der Waals surface area contributed by atoms with Crippen molar-refractivity contribution < 1.29 is 9.53 Å². The molecule has 5 rings (SSSR count). The van der Waals surface area contributed by atoms with Crippen LogP contribution in [0.3, 0.4) is 0 Å². The lowest BCUT2D eigenvalue weighted by molar-refractivity contribution is -0.0228. The highest BCUT2D eigenvalue weighted by atomic mass is 32.1. The Balaban J connectivity index is 1.57. The maximum Gasteiger partial charge on any atom is 0.291 e. The zero-order chi connectivity index (χ0) is 25.4. The number of fused-ring (bicyclic) bond motifs is 1. The van der Waals surface area contributed by atoms with Crippen LogP contribution in [0.2, 0.25) is 0 Å². The normalized spacial score (nSPS) is 16.5. The van der Waals surface area contributed by atoms with Crippen LogP contribution in [0.15, 0.2) is 63.7 Å². The van der Waals surface area contributed by atoms with Crippen LogP contribution < -0.4 is 11.0 Å². The number of aliphatic imine (C=N–C) groups is 1. The summed E-state index contributed by atoms with van der Waals surface area (Å²) in [5.74, 6) is 0.417. The van der Waals surface area contributed by atoms with E-state index in [1.165, 1.54) is 11.3 Å². The molecule has 2 aromatic heterocycles. The zero-order valence-electron chi connectivity index (χ0n) is 20.4. The molecule has 1 amide bonds. The minimum atomic E-state index is -0.546. The number of hydrogen-bond acceptors (Lipinski definition) is 6. The quantitative estimate of drug-likeness (QED) is 0.331. The molecular weight excluding hydrogens is 474 g/mol. The van der Waals surface area contributed by atoms with Crippen LogP contribution in [0.5, 0.6) is 0 Å². The molecule has 3 heterocycles. The number of carbonyl (C=O) groups excluding carboxylic acids is 1. The Morgan fingerprint density at radius 1 is 1.17 bits per heavy atom. The van der Waals surface area contributed by atoms with E-state index in [1.807, 2.05) is 61.7 Å². The van der Waals surface area contributed by atoms with Crippen molar-refractivity contribution in [3.63, 3.8) is 0 Å². The van der Waals surface area contributed by atoms with Gasteiger partial charge in [-0.05, 0) is 54.1 Å². The molecule has 2 aromatic carbocycles. The second-order valence-corrected chi connectivity index (χ2v) is 9.74. The van der Waals surface area contributed by atoms with E-state index in [-0.39, 0.29) is 17.5 Å². The van der Waals surface area contributed by atoms with E-state index in [2.05, 4.69) is 9.98 Å². The highest BCUT2D eigenvalue weighted by Gasteiger charge is 2.27. The van der Waals surface area contributed by atoms with Crippen LogP contribution in [0.25, 0.3) is 11.0 Å². The van der Waals surface area contributed by atoms with Gasteiger partial charge in [0.2, 0.25) is 0 Å². The van der Waals surface area contributed by atoms with E-state index in [0.717, 1.165) is 21.6 Å². The summed E-state index contributed by atoms with van der Waals surface area (Å²) < 4.78 is 7.50. The van der Waals surface area contributed by atoms with E-state index >= 15 is 0 Å². The van der Waals surface area contributed by atoms with Crippen molar-refractivity contribution in [2.75, 3.05) is 26.7 Å². The van der Waals surface area contributed by atoms with Gasteiger partial charge in [0.05, 0.1) is 29.1 Å². The van der Waals surface area contributed by atoms with E-state index in [1.54, 1.807) is 22.6 Å². The van der Waals surface area contributed by atoms with Crippen LogP contribution in [0.1, 0.15) is 38.0 Å². The summed E-state index contributed by atoms with van der Waals surface area (Å²) in [7, 11) is 1.65.